The predicted octanol–water partition coefficient (Wildman–Crippen LogP) is 2.06. The van der Waals surface area contributed by atoms with Gasteiger partial charge in [-0.15, -0.1) is 0 Å². The van der Waals surface area contributed by atoms with Crippen LogP contribution in [0.15, 0.2) is 36.4 Å². The monoisotopic (exact) mass is 257 g/mol. The molecule has 1 amide bonds. The van der Waals surface area contributed by atoms with Crippen LogP contribution in [0.1, 0.15) is 16.1 Å². The summed E-state index contributed by atoms with van der Waals surface area (Å²) in [5, 5.41) is 11.2. The molecule has 1 heterocycles. The standard InChI is InChI=1S/C13H11N3O3/c1-8-7-10(13(14)17)12(16(18)19)11(15-8)9-5-3-2-4-6-9/h2-7H,1H3,(H2,14,17). The zero-order valence-corrected chi connectivity index (χ0v) is 10.2. The van der Waals surface area contributed by atoms with Gasteiger partial charge in [-0.25, -0.2) is 4.98 Å². The van der Waals surface area contributed by atoms with Gasteiger partial charge in [-0.2, -0.15) is 0 Å². The lowest BCUT2D eigenvalue weighted by Crippen LogP contribution is -2.15. The number of nitro groups is 1. The third-order valence-corrected chi connectivity index (χ3v) is 2.62. The number of amides is 1. The lowest BCUT2D eigenvalue weighted by atomic mass is 10.0. The van der Waals surface area contributed by atoms with Crippen molar-refractivity contribution in [2.45, 2.75) is 6.92 Å². The minimum atomic E-state index is -0.839. The third-order valence-electron chi connectivity index (χ3n) is 2.62. The number of benzene rings is 1. The van der Waals surface area contributed by atoms with Gasteiger partial charge in [0.1, 0.15) is 11.3 Å². The Hall–Kier alpha value is -2.76. The number of rotatable bonds is 3. The Morgan fingerprint density at radius 2 is 1.95 bits per heavy atom. The van der Waals surface area contributed by atoms with Gasteiger partial charge < -0.3 is 5.73 Å². The van der Waals surface area contributed by atoms with E-state index >= 15 is 0 Å². The number of carbonyl (C=O) groups is 1. The van der Waals surface area contributed by atoms with Crippen molar-refractivity contribution in [1.29, 1.82) is 0 Å². The van der Waals surface area contributed by atoms with Crippen molar-refractivity contribution in [3.63, 3.8) is 0 Å². The van der Waals surface area contributed by atoms with Crippen molar-refractivity contribution >= 4 is 11.6 Å². The smallest absolute Gasteiger partial charge is 0.308 e. The first-order valence-electron chi connectivity index (χ1n) is 5.52. The molecule has 96 valence electrons. The van der Waals surface area contributed by atoms with E-state index in [0.29, 0.717) is 11.3 Å². The van der Waals surface area contributed by atoms with Crippen molar-refractivity contribution in [3.8, 4) is 11.3 Å². The van der Waals surface area contributed by atoms with E-state index in [-0.39, 0.29) is 16.9 Å². The largest absolute Gasteiger partial charge is 0.365 e. The Labute approximate surface area is 109 Å². The normalized spacial score (nSPS) is 10.2. The van der Waals surface area contributed by atoms with Crippen LogP contribution >= 0.6 is 0 Å². The second kappa shape index (κ2) is 4.85. The first-order valence-corrected chi connectivity index (χ1v) is 5.52. The van der Waals surface area contributed by atoms with Crippen LogP contribution in [0.5, 0.6) is 0 Å². The fourth-order valence-electron chi connectivity index (χ4n) is 1.84. The zero-order valence-electron chi connectivity index (χ0n) is 10.2. The van der Waals surface area contributed by atoms with Crippen molar-refractivity contribution in [3.05, 3.63) is 57.8 Å². The van der Waals surface area contributed by atoms with E-state index in [1.165, 1.54) is 6.07 Å². The highest BCUT2D eigenvalue weighted by molar-refractivity contribution is 5.99. The lowest BCUT2D eigenvalue weighted by Gasteiger charge is -2.07. The maximum atomic E-state index is 11.4. The quantitative estimate of drug-likeness (QED) is 0.671. The van der Waals surface area contributed by atoms with E-state index in [0.717, 1.165) is 0 Å². The molecule has 1 aromatic heterocycles. The van der Waals surface area contributed by atoms with Gasteiger partial charge in [0.15, 0.2) is 0 Å². The molecule has 0 atom stereocenters. The van der Waals surface area contributed by atoms with Gasteiger partial charge in [-0.1, -0.05) is 30.3 Å². The van der Waals surface area contributed by atoms with E-state index in [1.54, 1.807) is 37.3 Å². The molecule has 0 aliphatic rings. The number of nitrogens with zero attached hydrogens (tertiary/aromatic N) is 2. The van der Waals surface area contributed by atoms with Crippen molar-refractivity contribution in [2.24, 2.45) is 5.73 Å². The van der Waals surface area contributed by atoms with Crippen LogP contribution in [-0.2, 0) is 0 Å². The molecule has 0 unspecified atom stereocenters. The summed E-state index contributed by atoms with van der Waals surface area (Å²) in [6.07, 6.45) is 0. The molecular formula is C13H11N3O3. The highest BCUT2D eigenvalue weighted by Gasteiger charge is 2.26. The number of hydrogen-bond donors (Lipinski definition) is 1. The molecule has 0 radical (unpaired) electrons. The second-order valence-electron chi connectivity index (χ2n) is 4.00. The van der Waals surface area contributed by atoms with E-state index in [2.05, 4.69) is 4.98 Å². The van der Waals surface area contributed by atoms with Crippen molar-refractivity contribution in [2.75, 3.05) is 0 Å². The summed E-state index contributed by atoms with van der Waals surface area (Å²) in [5.74, 6) is -0.839. The molecule has 0 fully saturated rings. The molecule has 1 aromatic carbocycles. The highest BCUT2D eigenvalue weighted by atomic mass is 16.6. The van der Waals surface area contributed by atoms with Crippen molar-refractivity contribution < 1.29 is 9.72 Å². The van der Waals surface area contributed by atoms with Gasteiger partial charge in [-0.3, -0.25) is 14.9 Å². The summed E-state index contributed by atoms with van der Waals surface area (Å²) in [7, 11) is 0. The molecule has 0 aliphatic heterocycles. The molecular weight excluding hydrogens is 246 g/mol. The number of carbonyl (C=O) groups excluding carboxylic acids is 1. The summed E-state index contributed by atoms with van der Waals surface area (Å²) >= 11 is 0. The first-order chi connectivity index (χ1) is 9.00. The molecule has 19 heavy (non-hydrogen) atoms. The van der Waals surface area contributed by atoms with E-state index in [1.807, 2.05) is 0 Å². The molecule has 2 aromatic rings. The lowest BCUT2D eigenvalue weighted by molar-refractivity contribution is -0.384. The maximum Gasteiger partial charge on any atom is 0.308 e. The Morgan fingerprint density at radius 1 is 1.32 bits per heavy atom. The second-order valence-corrected chi connectivity index (χ2v) is 4.00. The van der Waals surface area contributed by atoms with Crippen LogP contribution in [-0.4, -0.2) is 15.8 Å². The fourth-order valence-corrected chi connectivity index (χ4v) is 1.84. The summed E-state index contributed by atoms with van der Waals surface area (Å²) in [6.45, 7) is 1.66. The molecule has 2 N–H and O–H groups in total. The summed E-state index contributed by atoms with van der Waals surface area (Å²) in [6, 6.07) is 9.99. The van der Waals surface area contributed by atoms with Crippen molar-refractivity contribution in [1.82, 2.24) is 4.98 Å². The first kappa shape index (κ1) is 12.7. The van der Waals surface area contributed by atoms with Crippen LogP contribution in [0.2, 0.25) is 0 Å². The van der Waals surface area contributed by atoms with Gasteiger partial charge in [0, 0.05) is 11.3 Å². The van der Waals surface area contributed by atoms with Crippen LogP contribution in [0.3, 0.4) is 0 Å². The molecule has 0 bridgehead atoms. The van der Waals surface area contributed by atoms with Gasteiger partial charge >= 0.3 is 5.69 Å². The zero-order chi connectivity index (χ0) is 14.0. The van der Waals surface area contributed by atoms with E-state index in [9.17, 15) is 14.9 Å². The van der Waals surface area contributed by atoms with Crippen LogP contribution in [0.4, 0.5) is 5.69 Å². The van der Waals surface area contributed by atoms with Crippen LogP contribution in [0.25, 0.3) is 11.3 Å². The van der Waals surface area contributed by atoms with Crippen LogP contribution < -0.4 is 5.73 Å². The summed E-state index contributed by atoms with van der Waals surface area (Å²) in [5.41, 5.74) is 5.93. The number of primary amides is 1. The Bertz CT molecular complexity index is 654. The number of pyridine rings is 1. The summed E-state index contributed by atoms with van der Waals surface area (Å²) in [4.78, 5) is 26.1. The minimum absolute atomic E-state index is 0.128. The minimum Gasteiger partial charge on any atom is -0.365 e. The maximum absolute atomic E-state index is 11.4. The van der Waals surface area contributed by atoms with E-state index in [4.69, 9.17) is 5.73 Å². The molecule has 0 spiro atoms. The Balaban J connectivity index is 2.80. The van der Waals surface area contributed by atoms with Gasteiger partial charge in [-0.05, 0) is 13.0 Å². The molecule has 6 heteroatoms. The summed E-state index contributed by atoms with van der Waals surface area (Å²) < 4.78 is 0. The number of hydrogen-bond acceptors (Lipinski definition) is 4. The molecule has 0 saturated heterocycles. The molecule has 0 saturated carbocycles. The Morgan fingerprint density at radius 3 is 2.47 bits per heavy atom. The van der Waals surface area contributed by atoms with Gasteiger partial charge in [0.2, 0.25) is 0 Å². The average Bonchev–Trinajstić information content (AvgIpc) is 2.38. The number of aromatic nitrogens is 1. The highest BCUT2D eigenvalue weighted by Crippen LogP contribution is 2.31. The van der Waals surface area contributed by atoms with Crippen LogP contribution in [0, 0.1) is 17.0 Å². The fraction of sp³-hybridized carbons (Fsp3) is 0.0769. The number of aryl methyl sites for hydroxylation is 1. The number of nitrogens with two attached hydrogens (primary N) is 1. The third kappa shape index (κ3) is 2.42. The predicted molar refractivity (Wildman–Crippen MR) is 69.6 cm³/mol. The molecule has 6 nitrogen and oxygen atoms in total. The molecule has 0 aliphatic carbocycles. The topological polar surface area (TPSA) is 99.1 Å². The van der Waals surface area contributed by atoms with E-state index < -0.39 is 10.8 Å². The average molecular weight is 257 g/mol. The SMILES string of the molecule is Cc1cc(C(N)=O)c([N+](=O)[O-])c(-c2ccccc2)n1. The molecule has 2 rings (SSSR count). The van der Waals surface area contributed by atoms with Gasteiger partial charge in [0.25, 0.3) is 5.91 Å². The Kier molecular flexibility index (Phi) is 3.24. The van der Waals surface area contributed by atoms with Gasteiger partial charge in [0.05, 0.1) is 4.92 Å².